The molecule has 3 aliphatic rings. The highest BCUT2D eigenvalue weighted by Crippen LogP contribution is 2.62. The minimum atomic E-state index is -0.523. The highest BCUT2D eigenvalue weighted by molar-refractivity contribution is 6.13. The number of hydrogen-bond acceptors (Lipinski definition) is 4. The summed E-state index contributed by atoms with van der Waals surface area (Å²) in [7, 11) is 2.10. The van der Waals surface area contributed by atoms with Crippen molar-refractivity contribution in [2.45, 2.75) is 11.6 Å². The van der Waals surface area contributed by atoms with E-state index in [1.54, 1.807) is 0 Å². The molecule has 0 aromatic heterocycles. The maximum Gasteiger partial charge on any atom is 0.159 e. The van der Waals surface area contributed by atoms with Gasteiger partial charge in [-0.2, -0.15) is 0 Å². The topological polar surface area (TPSA) is 37.2 Å². The number of fused-ring (bicyclic) bond motifs is 9. The maximum absolute atomic E-state index is 6.72. The molecule has 2 heterocycles. The first-order valence-corrected chi connectivity index (χ1v) is 19.5. The quantitative estimate of drug-likeness (QED) is 0.177. The normalized spacial score (nSPS) is 15.7. The Labute approximate surface area is 332 Å². The minimum Gasteiger partial charge on any atom is -0.457 e. The van der Waals surface area contributed by atoms with E-state index in [0.29, 0.717) is 0 Å². The number of aliphatic imine (C=N–C) groups is 2. The number of rotatable bonds is 5. The molecule has 4 heteroatoms. The first kappa shape index (κ1) is 33.1. The molecule has 11 rings (SSSR count). The van der Waals surface area contributed by atoms with Crippen LogP contribution < -0.4 is 4.74 Å². The Hall–Kier alpha value is -7.30. The van der Waals surface area contributed by atoms with E-state index in [0.717, 1.165) is 62.1 Å². The third kappa shape index (κ3) is 5.22. The fourth-order valence-electron chi connectivity index (χ4n) is 9.18. The van der Waals surface area contributed by atoms with Crippen LogP contribution in [0.2, 0.25) is 0 Å². The molecule has 8 aromatic rings. The third-order valence-electron chi connectivity index (χ3n) is 11.8. The fourth-order valence-corrected chi connectivity index (χ4v) is 9.18. The van der Waals surface area contributed by atoms with Crippen molar-refractivity contribution < 1.29 is 4.74 Å². The zero-order valence-electron chi connectivity index (χ0n) is 31.4. The summed E-state index contributed by atoms with van der Waals surface area (Å²) < 4.78 is 6.72. The van der Waals surface area contributed by atoms with Crippen LogP contribution >= 0.6 is 0 Å². The molecule has 0 N–H and O–H groups in total. The lowest BCUT2D eigenvalue weighted by molar-refractivity contribution is 0.383. The molecule has 57 heavy (non-hydrogen) atoms. The lowest BCUT2D eigenvalue weighted by Gasteiger charge is -2.39. The first-order valence-electron chi connectivity index (χ1n) is 19.5. The second-order valence-electron chi connectivity index (χ2n) is 15.0. The molecule has 2 aliphatic heterocycles. The summed E-state index contributed by atoms with van der Waals surface area (Å²) in [5.74, 6) is 3.37. The van der Waals surface area contributed by atoms with Gasteiger partial charge in [0.05, 0.1) is 5.41 Å². The summed E-state index contributed by atoms with van der Waals surface area (Å²) in [4.78, 5) is 12.7. The van der Waals surface area contributed by atoms with E-state index in [1.807, 2.05) is 24.3 Å². The van der Waals surface area contributed by atoms with Crippen LogP contribution in [0, 0.1) is 0 Å². The van der Waals surface area contributed by atoms with Crippen LogP contribution in [0.3, 0.4) is 0 Å². The van der Waals surface area contributed by atoms with Crippen molar-refractivity contribution in [1.29, 1.82) is 0 Å². The summed E-state index contributed by atoms with van der Waals surface area (Å²) in [6, 6.07) is 71.2. The van der Waals surface area contributed by atoms with Gasteiger partial charge in [-0.15, -0.1) is 0 Å². The molecule has 8 aromatic carbocycles. The molecule has 4 nitrogen and oxygen atoms in total. The Balaban J connectivity index is 1.02. The summed E-state index contributed by atoms with van der Waals surface area (Å²) in [5.41, 5.74) is 14.6. The summed E-state index contributed by atoms with van der Waals surface area (Å²) >= 11 is 0. The second-order valence-corrected chi connectivity index (χ2v) is 15.0. The third-order valence-corrected chi connectivity index (χ3v) is 11.8. The van der Waals surface area contributed by atoms with Crippen LogP contribution in [-0.2, 0) is 5.41 Å². The van der Waals surface area contributed by atoms with Crippen molar-refractivity contribution in [3.8, 4) is 44.9 Å². The van der Waals surface area contributed by atoms with Crippen LogP contribution in [0.4, 0.5) is 0 Å². The summed E-state index contributed by atoms with van der Waals surface area (Å²) in [5, 5.41) is 0. The molecule has 1 unspecified atom stereocenters. The molecular weight excluding hydrogens is 695 g/mol. The molecule has 0 saturated heterocycles. The Morgan fingerprint density at radius 3 is 1.68 bits per heavy atom. The second kappa shape index (κ2) is 13.2. The predicted molar refractivity (Wildman–Crippen MR) is 231 cm³/mol. The number of ether oxygens (including phenoxy) is 1. The summed E-state index contributed by atoms with van der Waals surface area (Å²) in [6.45, 7) is 0. The minimum absolute atomic E-state index is 0.297. The van der Waals surface area contributed by atoms with Gasteiger partial charge in [-0.05, 0) is 74.3 Å². The van der Waals surface area contributed by atoms with Crippen molar-refractivity contribution in [3.05, 3.63) is 239 Å². The fraction of sp³-hybridized carbons (Fsp3) is 0.0566. The summed E-state index contributed by atoms with van der Waals surface area (Å²) in [6.07, 6.45) is -0.297. The number of hydrogen-bond donors (Lipinski definition) is 0. The van der Waals surface area contributed by atoms with Crippen molar-refractivity contribution in [2.75, 3.05) is 7.05 Å². The lowest BCUT2D eigenvalue weighted by atomic mass is 9.66. The molecule has 1 atom stereocenters. The monoisotopic (exact) mass is 731 g/mol. The lowest BCUT2D eigenvalue weighted by Crippen LogP contribution is -2.35. The average Bonchev–Trinajstić information content (AvgIpc) is 3.58. The van der Waals surface area contributed by atoms with E-state index < -0.39 is 5.41 Å². The molecule has 270 valence electrons. The van der Waals surface area contributed by atoms with E-state index in [-0.39, 0.29) is 6.17 Å². The zero-order chi connectivity index (χ0) is 37.9. The van der Waals surface area contributed by atoms with Gasteiger partial charge >= 0.3 is 0 Å². The Morgan fingerprint density at radius 2 is 0.965 bits per heavy atom. The highest BCUT2D eigenvalue weighted by Gasteiger charge is 2.51. The van der Waals surface area contributed by atoms with Gasteiger partial charge in [-0.3, -0.25) is 0 Å². The van der Waals surface area contributed by atoms with Crippen LogP contribution in [0.25, 0.3) is 33.4 Å². The smallest absolute Gasteiger partial charge is 0.159 e. The number of nitrogens with zero attached hydrogens (tertiary/aromatic N) is 3. The number of amidine groups is 2. The zero-order valence-corrected chi connectivity index (χ0v) is 31.4. The van der Waals surface area contributed by atoms with Gasteiger partial charge < -0.3 is 9.64 Å². The van der Waals surface area contributed by atoms with E-state index >= 15 is 0 Å². The number of para-hydroxylation sites is 1. The first-order chi connectivity index (χ1) is 28.2. The van der Waals surface area contributed by atoms with Gasteiger partial charge in [0.25, 0.3) is 0 Å². The Bertz CT molecular complexity index is 2850. The van der Waals surface area contributed by atoms with E-state index in [4.69, 9.17) is 14.7 Å². The van der Waals surface area contributed by atoms with Crippen molar-refractivity contribution in [1.82, 2.24) is 4.90 Å². The molecule has 0 saturated carbocycles. The van der Waals surface area contributed by atoms with Crippen LogP contribution in [-0.4, -0.2) is 23.6 Å². The largest absolute Gasteiger partial charge is 0.457 e. The Morgan fingerprint density at radius 1 is 0.439 bits per heavy atom. The van der Waals surface area contributed by atoms with E-state index in [2.05, 4.69) is 188 Å². The standard InChI is InChI=1S/C53H37N3O/c1-56-51(38-29-27-36(28-30-38)35-15-4-2-5-16-35)54-50(37-17-6-3-7-18-37)55-52(56)41-20-14-19-39(33-41)40-31-32-49-47(34-40)53(46-25-12-13-26-48(46)57-49)44-23-10-8-21-42(44)43-22-9-11-24-45(43)53/h2-34,52H,1H3. The predicted octanol–water partition coefficient (Wildman–Crippen LogP) is 12.3. The van der Waals surface area contributed by atoms with Crippen molar-refractivity contribution >= 4 is 11.7 Å². The molecule has 1 spiro atoms. The Kier molecular flexibility index (Phi) is 7.65. The van der Waals surface area contributed by atoms with Crippen LogP contribution in [0.15, 0.2) is 210 Å². The number of benzene rings is 8. The molecule has 0 radical (unpaired) electrons. The van der Waals surface area contributed by atoms with Gasteiger partial charge in [0, 0.05) is 29.3 Å². The van der Waals surface area contributed by atoms with Crippen molar-refractivity contribution in [2.24, 2.45) is 9.98 Å². The van der Waals surface area contributed by atoms with Crippen LogP contribution in [0.1, 0.15) is 45.1 Å². The van der Waals surface area contributed by atoms with Gasteiger partial charge in [-0.1, -0.05) is 176 Å². The van der Waals surface area contributed by atoms with E-state index in [9.17, 15) is 0 Å². The van der Waals surface area contributed by atoms with Gasteiger partial charge in [0.1, 0.15) is 17.3 Å². The molecule has 0 bridgehead atoms. The molecule has 1 aliphatic carbocycles. The highest BCUT2D eigenvalue weighted by atomic mass is 16.5. The molecule has 0 amide bonds. The molecule has 0 fully saturated rings. The maximum atomic E-state index is 6.72. The van der Waals surface area contributed by atoms with Crippen LogP contribution in [0.5, 0.6) is 11.5 Å². The molecular formula is C53H37N3O. The SMILES string of the molecule is CN1C(c2ccc(-c3ccccc3)cc2)=NC(c2ccccc2)=NC1c1cccc(-c2ccc3c(c2)C2(c4ccccc4O3)c3ccccc3-c3ccccc32)c1. The van der Waals surface area contributed by atoms with Gasteiger partial charge in [0.2, 0.25) is 0 Å². The van der Waals surface area contributed by atoms with Crippen molar-refractivity contribution in [3.63, 3.8) is 0 Å². The average molecular weight is 732 g/mol. The van der Waals surface area contributed by atoms with Gasteiger partial charge in [0.15, 0.2) is 12.0 Å². The van der Waals surface area contributed by atoms with E-state index in [1.165, 1.54) is 33.4 Å². The van der Waals surface area contributed by atoms with Gasteiger partial charge in [-0.25, -0.2) is 9.98 Å².